The van der Waals surface area contributed by atoms with E-state index in [1.807, 2.05) is 17.0 Å². The Kier molecular flexibility index (Phi) is 9.14. The van der Waals surface area contributed by atoms with Gasteiger partial charge in [-0.05, 0) is 52.7 Å². The zero-order chi connectivity index (χ0) is 31.6. The van der Waals surface area contributed by atoms with Crippen molar-refractivity contribution >= 4 is 50.2 Å². The Hall–Kier alpha value is -4.13. The third-order valence-corrected chi connectivity index (χ3v) is 9.79. The largest absolute Gasteiger partial charge is 0.349 e. The van der Waals surface area contributed by atoms with Crippen LogP contribution in [0.25, 0.3) is 21.9 Å². The normalized spacial score (nSPS) is 17.4. The van der Waals surface area contributed by atoms with Crippen LogP contribution in [0.2, 0.25) is 5.02 Å². The lowest BCUT2D eigenvalue weighted by Crippen LogP contribution is -2.62. The number of fused-ring (bicyclic) bond motifs is 1. The Bertz CT molecular complexity index is 1740. The summed E-state index contributed by atoms with van der Waals surface area (Å²) < 4.78 is 29.6. The number of amides is 2. The third-order valence-electron chi connectivity index (χ3n) is 7.73. The number of aromatic nitrogens is 3. The minimum atomic E-state index is -4.01. The smallest absolute Gasteiger partial charge is 0.243 e. The summed E-state index contributed by atoms with van der Waals surface area (Å²) in [4.78, 5) is 44.3. The summed E-state index contributed by atoms with van der Waals surface area (Å²) in [6, 6.07) is 12.6. The number of carbonyl (C=O) groups excluding carboxylic acids is 2. The first kappa shape index (κ1) is 31.3. The number of anilines is 1. The van der Waals surface area contributed by atoms with Crippen LogP contribution in [0, 0.1) is 0 Å². The summed E-state index contributed by atoms with van der Waals surface area (Å²) in [5.41, 5.74) is 1.66. The molecule has 13 heteroatoms. The lowest BCUT2D eigenvalue weighted by molar-refractivity contribution is -0.129. The second-order valence-electron chi connectivity index (χ2n) is 11.2. The van der Waals surface area contributed by atoms with E-state index < -0.39 is 22.1 Å². The highest BCUT2D eigenvalue weighted by Crippen LogP contribution is 2.31. The van der Waals surface area contributed by atoms with E-state index in [0.717, 1.165) is 21.9 Å². The Labute approximate surface area is 262 Å². The first-order valence-electron chi connectivity index (χ1n) is 14.0. The molecule has 230 valence electrons. The molecule has 2 atom stereocenters. The van der Waals surface area contributed by atoms with Gasteiger partial charge in [-0.1, -0.05) is 23.7 Å². The molecule has 0 radical (unpaired) electrons. The fourth-order valence-corrected chi connectivity index (χ4v) is 7.02. The van der Waals surface area contributed by atoms with Gasteiger partial charge in [-0.15, -0.1) is 0 Å². The number of piperazine rings is 1. The maximum absolute atomic E-state index is 14.1. The zero-order valence-electron chi connectivity index (χ0n) is 25.0. The van der Waals surface area contributed by atoms with Gasteiger partial charge in [0.2, 0.25) is 27.8 Å². The number of hydrogen-bond acceptors (Lipinski definition) is 8. The number of halogens is 1. The molecule has 0 aliphatic carbocycles. The van der Waals surface area contributed by atoms with Crippen molar-refractivity contribution in [3.8, 4) is 11.1 Å². The molecule has 1 aliphatic heterocycles. The summed E-state index contributed by atoms with van der Waals surface area (Å²) in [7, 11) is 2.59. The van der Waals surface area contributed by atoms with E-state index >= 15 is 0 Å². The number of benzene rings is 2. The summed E-state index contributed by atoms with van der Waals surface area (Å²) in [5.74, 6) is -0.0589. The molecule has 2 aromatic carbocycles. The molecule has 44 heavy (non-hydrogen) atoms. The quantitative estimate of drug-likeness (QED) is 0.288. The van der Waals surface area contributed by atoms with Crippen molar-refractivity contribution < 1.29 is 18.0 Å². The minimum absolute atomic E-state index is 0.00262. The SMILES string of the molecule is CN(C)C(=O)C[C@@H]1CN(S(=O)(=O)c2ccc3cc(Cl)ccc3c2)C[C@H](CC(=O)N(C)C)N1c1ncc(-c2ccncc2)cn1. The molecule has 0 saturated carbocycles. The first-order chi connectivity index (χ1) is 20.9. The van der Waals surface area contributed by atoms with Crippen molar-refractivity contribution in [1.29, 1.82) is 0 Å². The van der Waals surface area contributed by atoms with Crippen molar-refractivity contribution in [2.75, 3.05) is 46.2 Å². The Morgan fingerprint density at radius 3 is 1.93 bits per heavy atom. The second-order valence-corrected chi connectivity index (χ2v) is 13.6. The van der Waals surface area contributed by atoms with Crippen molar-refractivity contribution in [3.05, 3.63) is 78.3 Å². The molecule has 0 N–H and O–H groups in total. The molecule has 0 bridgehead atoms. The fourth-order valence-electron chi connectivity index (χ4n) is 5.29. The van der Waals surface area contributed by atoms with E-state index in [2.05, 4.69) is 15.0 Å². The molecule has 1 aliphatic rings. The van der Waals surface area contributed by atoms with Gasteiger partial charge in [-0.25, -0.2) is 18.4 Å². The average Bonchev–Trinajstić information content (AvgIpc) is 3.01. The fraction of sp³-hybridized carbons (Fsp3) is 0.323. The third kappa shape index (κ3) is 6.67. The van der Waals surface area contributed by atoms with Crippen LogP contribution < -0.4 is 4.90 Å². The molecule has 0 spiro atoms. The van der Waals surface area contributed by atoms with Gasteiger partial charge in [-0.2, -0.15) is 4.31 Å². The maximum atomic E-state index is 14.1. The number of pyridine rings is 1. The van der Waals surface area contributed by atoms with Crippen LogP contribution in [0.1, 0.15) is 12.8 Å². The minimum Gasteiger partial charge on any atom is -0.349 e. The standard InChI is InChI=1S/C31H34ClN7O4S/c1-36(2)29(40)15-26-19-38(44(42,43)28-8-6-22-13-25(32)7-5-23(22)14-28)20-27(16-30(41)37(3)4)39(26)31-34-17-24(18-35-31)21-9-11-33-12-10-21/h5-14,17-18,26-27H,15-16,19-20H2,1-4H3/t26-,27+. The van der Waals surface area contributed by atoms with Gasteiger partial charge in [0, 0.05) is 89.5 Å². The number of hydrogen-bond donors (Lipinski definition) is 0. The number of sulfonamides is 1. The molecular formula is C31H34ClN7O4S. The van der Waals surface area contributed by atoms with Gasteiger partial charge < -0.3 is 14.7 Å². The molecular weight excluding hydrogens is 602 g/mol. The van der Waals surface area contributed by atoms with Gasteiger partial charge in [0.1, 0.15) is 0 Å². The second kappa shape index (κ2) is 12.8. The first-order valence-corrected chi connectivity index (χ1v) is 15.9. The molecule has 5 rings (SSSR count). The van der Waals surface area contributed by atoms with E-state index in [-0.39, 0.29) is 42.6 Å². The van der Waals surface area contributed by atoms with E-state index in [1.165, 1.54) is 14.1 Å². The van der Waals surface area contributed by atoms with Crippen LogP contribution in [0.3, 0.4) is 0 Å². The predicted molar refractivity (Wildman–Crippen MR) is 170 cm³/mol. The molecule has 11 nitrogen and oxygen atoms in total. The van der Waals surface area contributed by atoms with Crippen LogP contribution in [0.5, 0.6) is 0 Å². The molecule has 2 aromatic heterocycles. The Morgan fingerprint density at radius 2 is 1.36 bits per heavy atom. The highest BCUT2D eigenvalue weighted by Gasteiger charge is 2.43. The summed E-state index contributed by atoms with van der Waals surface area (Å²) in [6.07, 6.45) is 6.71. The van der Waals surface area contributed by atoms with Gasteiger partial charge in [0.25, 0.3) is 0 Å². The highest BCUT2D eigenvalue weighted by atomic mass is 35.5. The van der Waals surface area contributed by atoms with E-state index in [0.29, 0.717) is 11.0 Å². The van der Waals surface area contributed by atoms with Gasteiger partial charge in [0.05, 0.1) is 17.0 Å². The zero-order valence-corrected chi connectivity index (χ0v) is 26.5. The van der Waals surface area contributed by atoms with E-state index in [1.54, 1.807) is 89.4 Å². The van der Waals surface area contributed by atoms with Crippen molar-refractivity contribution in [3.63, 3.8) is 0 Å². The number of carbonyl (C=O) groups is 2. The van der Waals surface area contributed by atoms with Crippen LogP contribution in [-0.4, -0.2) is 103 Å². The van der Waals surface area contributed by atoms with E-state index in [9.17, 15) is 18.0 Å². The van der Waals surface area contributed by atoms with Gasteiger partial charge >= 0.3 is 0 Å². The van der Waals surface area contributed by atoms with Crippen LogP contribution in [0.4, 0.5) is 5.95 Å². The molecule has 0 unspecified atom stereocenters. The van der Waals surface area contributed by atoms with Crippen LogP contribution >= 0.6 is 11.6 Å². The Morgan fingerprint density at radius 1 is 0.818 bits per heavy atom. The highest BCUT2D eigenvalue weighted by molar-refractivity contribution is 7.89. The monoisotopic (exact) mass is 635 g/mol. The molecule has 3 heterocycles. The molecule has 2 amide bonds. The van der Waals surface area contributed by atoms with E-state index in [4.69, 9.17) is 11.6 Å². The number of nitrogens with zero attached hydrogens (tertiary/aromatic N) is 7. The molecule has 1 saturated heterocycles. The lowest BCUT2D eigenvalue weighted by Gasteiger charge is -2.46. The molecule has 4 aromatic rings. The summed E-state index contributed by atoms with van der Waals surface area (Å²) in [5, 5.41) is 2.11. The lowest BCUT2D eigenvalue weighted by atomic mass is 10.0. The molecule has 1 fully saturated rings. The van der Waals surface area contributed by atoms with Crippen molar-refractivity contribution in [2.24, 2.45) is 0 Å². The average molecular weight is 636 g/mol. The van der Waals surface area contributed by atoms with Gasteiger partial charge in [0.15, 0.2) is 0 Å². The van der Waals surface area contributed by atoms with Crippen LogP contribution in [-0.2, 0) is 19.6 Å². The van der Waals surface area contributed by atoms with Crippen molar-refractivity contribution in [1.82, 2.24) is 29.1 Å². The summed E-state index contributed by atoms with van der Waals surface area (Å²) in [6.45, 7) is 0.00534. The predicted octanol–water partition coefficient (Wildman–Crippen LogP) is 3.55. The topological polar surface area (TPSA) is 120 Å². The van der Waals surface area contributed by atoms with Crippen molar-refractivity contribution in [2.45, 2.75) is 29.8 Å². The van der Waals surface area contributed by atoms with Gasteiger partial charge in [-0.3, -0.25) is 14.6 Å². The number of rotatable bonds is 8. The summed E-state index contributed by atoms with van der Waals surface area (Å²) >= 11 is 6.13. The maximum Gasteiger partial charge on any atom is 0.243 e. The Balaban J connectivity index is 1.55. The van der Waals surface area contributed by atoms with Crippen LogP contribution in [0.15, 0.2) is 78.2 Å².